The Labute approximate surface area is 124 Å². The van der Waals surface area contributed by atoms with Crippen LogP contribution in [0.15, 0.2) is 53.1 Å². The van der Waals surface area contributed by atoms with Gasteiger partial charge in [0.15, 0.2) is 0 Å². The van der Waals surface area contributed by atoms with Crippen molar-refractivity contribution < 1.29 is 13.9 Å². The normalized spacial score (nSPS) is 13.0. The maximum Gasteiger partial charge on any atom is 0.252 e. The molecule has 1 atom stereocenters. The van der Waals surface area contributed by atoms with Gasteiger partial charge in [0.2, 0.25) is 0 Å². The lowest BCUT2D eigenvalue weighted by molar-refractivity contribution is -0.116. The SMILES string of the molecule is COC[C@@H](C)NC(=O)/C(=C/c1ccco1)c1ccccc1. The molecular formula is C17H19NO3. The number of benzene rings is 1. The molecule has 0 fully saturated rings. The number of carbonyl (C=O) groups is 1. The van der Waals surface area contributed by atoms with Crippen LogP contribution in [-0.2, 0) is 9.53 Å². The Morgan fingerprint density at radius 1 is 1.29 bits per heavy atom. The van der Waals surface area contributed by atoms with Crippen molar-refractivity contribution in [3.05, 3.63) is 60.1 Å². The van der Waals surface area contributed by atoms with Gasteiger partial charge >= 0.3 is 0 Å². The Morgan fingerprint density at radius 3 is 2.67 bits per heavy atom. The monoisotopic (exact) mass is 285 g/mol. The van der Waals surface area contributed by atoms with Gasteiger partial charge in [-0.3, -0.25) is 4.79 Å². The van der Waals surface area contributed by atoms with Gasteiger partial charge in [0, 0.05) is 13.2 Å². The molecule has 0 bridgehead atoms. The molecule has 2 rings (SSSR count). The van der Waals surface area contributed by atoms with Gasteiger partial charge in [-0.1, -0.05) is 30.3 Å². The topological polar surface area (TPSA) is 51.5 Å². The van der Waals surface area contributed by atoms with E-state index in [0.717, 1.165) is 5.56 Å². The fourth-order valence-electron chi connectivity index (χ4n) is 2.01. The van der Waals surface area contributed by atoms with E-state index in [1.165, 1.54) is 0 Å². The van der Waals surface area contributed by atoms with E-state index >= 15 is 0 Å². The summed E-state index contributed by atoms with van der Waals surface area (Å²) in [7, 11) is 1.61. The molecule has 2 aromatic rings. The van der Waals surface area contributed by atoms with Crippen LogP contribution in [0.4, 0.5) is 0 Å². The molecule has 4 heteroatoms. The molecule has 4 nitrogen and oxygen atoms in total. The molecular weight excluding hydrogens is 266 g/mol. The number of ether oxygens (including phenoxy) is 1. The molecule has 0 spiro atoms. The molecule has 0 radical (unpaired) electrons. The minimum absolute atomic E-state index is 0.0637. The van der Waals surface area contributed by atoms with E-state index in [1.54, 1.807) is 25.5 Å². The zero-order chi connectivity index (χ0) is 15.1. The number of carbonyl (C=O) groups excluding carboxylic acids is 1. The predicted molar refractivity (Wildman–Crippen MR) is 82.5 cm³/mol. The number of nitrogens with one attached hydrogen (secondary N) is 1. The standard InChI is InChI=1S/C17H19NO3/c1-13(12-20-2)18-17(19)16(11-15-9-6-10-21-15)14-7-4-3-5-8-14/h3-11,13H,12H2,1-2H3,(H,18,19)/b16-11+/t13-/m1/s1. The van der Waals surface area contributed by atoms with Gasteiger partial charge in [0.05, 0.1) is 18.4 Å². The van der Waals surface area contributed by atoms with Crippen LogP contribution in [0.3, 0.4) is 0 Å². The van der Waals surface area contributed by atoms with Crippen LogP contribution in [-0.4, -0.2) is 25.7 Å². The predicted octanol–water partition coefficient (Wildman–Crippen LogP) is 2.97. The molecule has 1 amide bonds. The lowest BCUT2D eigenvalue weighted by atomic mass is 10.0. The number of methoxy groups -OCH3 is 1. The first kappa shape index (κ1) is 15.1. The lowest BCUT2D eigenvalue weighted by Gasteiger charge is -2.14. The Morgan fingerprint density at radius 2 is 2.05 bits per heavy atom. The van der Waals surface area contributed by atoms with Crippen molar-refractivity contribution in [2.24, 2.45) is 0 Å². The third kappa shape index (κ3) is 4.33. The summed E-state index contributed by atoms with van der Waals surface area (Å²) in [6.45, 7) is 2.37. The lowest BCUT2D eigenvalue weighted by Crippen LogP contribution is -2.36. The zero-order valence-electron chi connectivity index (χ0n) is 12.2. The van der Waals surface area contributed by atoms with E-state index in [4.69, 9.17) is 9.15 Å². The molecule has 0 aliphatic rings. The summed E-state index contributed by atoms with van der Waals surface area (Å²) in [5.41, 5.74) is 1.41. The highest BCUT2D eigenvalue weighted by Gasteiger charge is 2.15. The maximum absolute atomic E-state index is 12.5. The van der Waals surface area contributed by atoms with Gasteiger partial charge in [-0.05, 0) is 30.7 Å². The van der Waals surface area contributed by atoms with Crippen molar-refractivity contribution in [2.75, 3.05) is 13.7 Å². The maximum atomic E-state index is 12.5. The minimum atomic E-state index is -0.151. The molecule has 21 heavy (non-hydrogen) atoms. The van der Waals surface area contributed by atoms with Crippen LogP contribution >= 0.6 is 0 Å². The number of hydrogen-bond donors (Lipinski definition) is 1. The second-order valence-electron chi connectivity index (χ2n) is 4.77. The molecule has 110 valence electrons. The number of rotatable bonds is 6. The highest BCUT2D eigenvalue weighted by molar-refractivity contribution is 6.24. The Bertz CT molecular complexity index is 588. The van der Waals surface area contributed by atoms with Gasteiger partial charge < -0.3 is 14.5 Å². The molecule has 0 aliphatic carbocycles. The van der Waals surface area contributed by atoms with Crippen molar-refractivity contribution >= 4 is 17.6 Å². The van der Waals surface area contributed by atoms with Crippen molar-refractivity contribution in [2.45, 2.75) is 13.0 Å². The first-order valence-electron chi connectivity index (χ1n) is 6.81. The van der Waals surface area contributed by atoms with Crippen LogP contribution in [0.25, 0.3) is 11.6 Å². The smallest absolute Gasteiger partial charge is 0.252 e. The molecule has 1 aromatic heterocycles. The summed E-state index contributed by atoms with van der Waals surface area (Å²) in [6, 6.07) is 13.1. The zero-order valence-corrected chi connectivity index (χ0v) is 12.2. The van der Waals surface area contributed by atoms with Crippen molar-refractivity contribution in [1.82, 2.24) is 5.32 Å². The van der Waals surface area contributed by atoms with Gasteiger partial charge in [0.25, 0.3) is 5.91 Å². The van der Waals surface area contributed by atoms with Crippen LogP contribution in [0.2, 0.25) is 0 Å². The molecule has 0 saturated heterocycles. The van der Waals surface area contributed by atoms with E-state index in [2.05, 4.69) is 5.32 Å². The molecule has 1 heterocycles. The van der Waals surface area contributed by atoms with E-state index in [9.17, 15) is 4.79 Å². The van der Waals surface area contributed by atoms with Crippen LogP contribution in [0.1, 0.15) is 18.2 Å². The van der Waals surface area contributed by atoms with Crippen LogP contribution in [0, 0.1) is 0 Å². The van der Waals surface area contributed by atoms with Crippen molar-refractivity contribution in [3.8, 4) is 0 Å². The molecule has 1 aromatic carbocycles. The Hall–Kier alpha value is -2.33. The summed E-state index contributed by atoms with van der Waals surface area (Å²) in [5.74, 6) is 0.491. The average molecular weight is 285 g/mol. The van der Waals surface area contributed by atoms with Gasteiger partial charge in [-0.2, -0.15) is 0 Å². The molecule has 0 unspecified atom stereocenters. The Balaban J connectivity index is 2.26. The van der Waals surface area contributed by atoms with Gasteiger partial charge in [-0.25, -0.2) is 0 Å². The highest BCUT2D eigenvalue weighted by Crippen LogP contribution is 2.19. The van der Waals surface area contributed by atoms with Crippen LogP contribution < -0.4 is 5.32 Å². The molecule has 0 aliphatic heterocycles. The third-order valence-corrected chi connectivity index (χ3v) is 2.95. The van der Waals surface area contributed by atoms with Crippen molar-refractivity contribution in [3.63, 3.8) is 0 Å². The highest BCUT2D eigenvalue weighted by atomic mass is 16.5. The minimum Gasteiger partial charge on any atom is -0.465 e. The molecule has 1 N–H and O–H groups in total. The first-order valence-corrected chi connectivity index (χ1v) is 6.81. The molecule has 0 saturated carbocycles. The summed E-state index contributed by atoms with van der Waals surface area (Å²) in [5, 5.41) is 2.92. The average Bonchev–Trinajstić information content (AvgIpc) is 2.99. The summed E-state index contributed by atoms with van der Waals surface area (Å²) < 4.78 is 10.4. The quantitative estimate of drug-likeness (QED) is 0.830. The number of furan rings is 1. The third-order valence-electron chi connectivity index (χ3n) is 2.95. The van der Waals surface area contributed by atoms with Gasteiger partial charge in [-0.15, -0.1) is 0 Å². The van der Waals surface area contributed by atoms with E-state index in [0.29, 0.717) is 17.9 Å². The van der Waals surface area contributed by atoms with Gasteiger partial charge in [0.1, 0.15) is 5.76 Å². The fraction of sp³-hybridized carbons (Fsp3) is 0.235. The summed E-state index contributed by atoms with van der Waals surface area (Å²) >= 11 is 0. The first-order chi connectivity index (χ1) is 10.2. The van der Waals surface area contributed by atoms with E-state index in [1.807, 2.05) is 43.3 Å². The largest absolute Gasteiger partial charge is 0.465 e. The number of hydrogen-bond acceptors (Lipinski definition) is 3. The summed E-state index contributed by atoms with van der Waals surface area (Å²) in [6.07, 6.45) is 3.32. The van der Waals surface area contributed by atoms with Crippen LogP contribution in [0.5, 0.6) is 0 Å². The fourth-order valence-corrected chi connectivity index (χ4v) is 2.01. The van der Waals surface area contributed by atoms with E-state index in [-0.39, 0.29) is 11.9 Å². The van der Waals surface area contributed by atoms with Crippen molar-refractivity contribution in [1.29, 1.82) is 0 Å². The second-order valence-corrected chi connectivity index (χ2v) is 4.77. The summed E-state index contributed by atoms with van der Waals surface area (Å²) in [4.78, 5) is 12.5. The number of amides is 1. The second kappa shape index (κ2) is 7.45. The van der Waals surface area contributed by atoms with E-state index < -0.39 is 0 Å². The Kier molecular flexibility index (Phi) is 5.35.